The van der Waals surface area contributed by atoms with Crippen molar-refractivity contribution in [2.45, 2.75) is 23.8 Å². The maximum Gasteiger partial charge on any atom is 0.224 e. The fourth-order valence-corrected chi connectivity index (χ4v) is 3.55. The lowest BCUT2D eigenvalue weighted by atomic mass is 10.1. The van der Waals surface area contributed by atoms with Crippen LogP contribution < -0.4 is 5.32 Å². The number of rotatable bonds is 4. The zero-order chi connectivity index (χ0) is 14.3. The van der Waals surface area contributed by atoms with Gasteiger partial charge >= 0.3 is 0 Å². The molecule has 7 nitrogen and oxygen atoms in total. The van der Waals surface area contributed by atoms with Gasteiger partial charge in [-0.05, 0) is 18.5 Å². The summed E-state index contributed by atoms with van der Waals surface area (Å²) in [5, 5.41) is 21.2. The molecule has 3 N–H and O–H groups in total. The molecule has 106 valence electrons. The summed E-state index contributed by atoms with van der Waals surface area (Å²) >= 11 is 5.75. The van der Waals surface area contributed by atoms with Crippen LogP contribution in [0.4, 0.5) is 5.82 Å². The molecule has 2 rings (SSSR count). The van der Waals surface area contributed by atoms with Crippen LogP contribution in [0.25, 0.3) is 0 Å². The van der Waals surface area contributed by atoms with E-state index in [-0.39, 0.29) is 41.4 Å². The molecule has 0 saturated heterocycles. The predicted molar refractivity (Wildman–Crippen MR) is 69.0 cm³/mol. The molecule has 19 heavy (non-hydrogen) atoms. The Bertz CT molecular complexity index is 601. The van der Waals surface area contributed by atoms with Crippen molar-refractivity contribution in [3.8, 4) is 0 Å². The minimum atomic E-state index is -3.45. The number of nitrogens with zero attached hydrogens (tertiary/aromatic N) is 2. The molecule has 9 heteroatoms. The Morgan fingerprint density at radius 2 is 2.00 bits per heavy atom. The molecule has 2 heterocycles. The third-order valence-corrected chi connectivity index (χ3v) is 4.91. The number of fused-ring (bicyclic) bond motifs is 1. The Morgan fingerprint density at radius 3 is 2.58 bits per heavy atom. The Morgan fingerprint density at radius 1 is 1.37 bits per heavy atom. The lowest BCUT2D eigenvalue weighted by Gasteiger charge is -2.27. The maximum absolute atomic E-state index is 12.0. The molecule has 0 spiro atoms. The second-order valence-corrected chi connectivity index (χ2v) is 7.07. The lowest BCUT2D eigenvalue weighted by Crippen LogP contribution is -2.43. The topological polar surface area (TPSA) is 112 Å². The molecule has 0 aromatic carbocycles. The zero-order valence-corrected chi connectivity index (χ0v) is 11.8. The van der Waals surface area contributed by atoms with E-state index in [1.54, 1.807) is 0 Å². The molecule has 1 aromatic rings. The number of aromatic nitrogens is 2. The first-order valence-corrected chi connectivity index (χ1v) is 7.63. The SMILES string of the molecule is CC(CO)(CO)Nc1nc(Cl)nc2c1S(=O)(=O)CC2. The monoisotopic (exact) mass is 307 g/mol. The van der Waals surface area contributed by atoms with Crippen LogP contribution in [0.3, 0.4) is 0 Å². The molecule has 0 atom stereocenters. The highest BCUT2D eigenvalue weighted by Crippen LogP contribution is 2.32. The molecular weight excluding hydrogens is 294 g/mol. The molecule has 0 saturated carbocycles. The minimum absolute atomic E-state index is 0.00465. The number of sulfone groups is 1. The standard InChI is InChI=1S/C10H14ClN3O4S/c1-10(4-15,5-16)14-8-7-6(12-9(11)13-8)2-3-19(7,17)18/h15-16H,2-5H2,1H3,(H,12,13,14). The van der Waals surface area contributed by atoms with Crippen LogP contribution in [0.15, 0.2) is 4.90 Å². The number of aliphatic hydroxyl groups excluding tert-OH is 2. The Balaban J connectivity index is 2.53. The molecule has 1 aromatic heterocycles. The second-order valence-electron chi connectivity index (χ2n) is 4.69. The third-order valence-electron chi connectivity index (χ3n) is 2.95. The molecule has 0 bridgehead atoms. The van der Waals surface area contributed by atoms with E-state index in [2.05, 4.69) is 15.3 Å². The third kappa shape index (κ3) is 2.66. The van der Waals surface area contributed by atoms with E-state index in [0.29, 0.717) is 5.69 Å². The number of anilines is 1. The van der Waals surface area contributed by atoms with Crippen molar-refractivity contribution in [1.82, 2.24) is 9.97 Å². The summed E-state index contributed by atoms with van der Waals surface area (Å²) in [5.74, 6) is -0.0147. The van der Waals surface area contributed by atoms with Crippen LogP contribution in [0, 0.1) is 0 Å². The van der Waals surface area contributed by atoms with Gasteiger partial charge in [-0.15, -0.1) is 0 Å². The minimum Gasteiger partial charge on any atom is -0.394 e. The van der Waals surface area contributed by atoms with Gasteiger partial charge in [-0.3, -0.25) is 0 Å². The summed E-state index contributed by atoms with van der Waals surface area (Å²) in [7, 11) is -3.45. The van der Waals surface area contributed by atoms with E-state index in [9.17, 15) is 18.6 Å². The molecule has 0 radical (unpaired) electrons. The van der Waals surface area contributed by atoms with Crippen molar-refractivity contribution in [2.24, 2.45) is 0 Å². The van der Waals surface area contributed by atoms with Crippen molar-refractivity contribution < 1.29 is 18.6 Å². The van der Waals surface area contributed by atoms with E-state index in [1.807, 2.05) is 0 Å². The van der Waals surface area contributed by atoms with Crippen molar-refractivity contribution in [2.75, 3.05) is 24.3 Å². The summed E-state index contributed by atoms with van der Waals surface area (Å²) in [6.07, 6.45) is 0.281. The van der Waals surface area contributed by atoms with Crippen molar-refractivity contribution in [3.05, 3.63) is 11.0 Å². The molecule has 0 unspecified atom stereocenters. The van der Waals surface area contributed by atoms with Crippen molar-refractivity contribution in [3.63, 3.8) is 0 Å². The van der Waals surface area contributed by atoms with E-state index in [0.717, 1.165) is 0 Å². The van der Waals surface area contributed by atoms with Gasteiger partial charge in [0.15, 0.2) is 15.7 Å². The highest BCUT2D eigenvalue weighted by Gasteiger charge is 2.35. The summed E-state index contributed by atoms with van der Waals surface area (Å²) in [6.45, 7) is 0.761. The highest BCUT2D eigenvalue weighted by atomic mass is 35.5. The van der Waals surface area contributed by atoms with Crippen LogP contribution in [0.1, 0.15) is 12.6 Å². The summed E-state index contributed by atoms with van der Waals surface area (Å²) in [4.78, 5) is 7.77. The summed E-state index contributed by atoms with van der Waals surface area (Å²) < 4.78 is 23.9. The van der Waals surface area contributed by atoms with Crippen LogP contribution in [-0.2, 0) is 16.3 Å². The first kappa shape index (κ1) is 14.4. The smallest absolute Gasteiger partial charge is 0.224 e. The summed E-state index contributed by atoms with van der Waals surface area (Å²) in [6, 6.07) is 0. The van der Waals surface area contributed by atoms with Crippen LogP contribution >= 0.6 is 11.6 Å². The number of nitrogens with one attached hydrogen (secondary N) is 1. The van der Waals surface area contributed by atoms with E-state index < -0.39 is 15.4 Å². The fraction of sp³-hybridized carbons (Fsp3) is 0.600. The average Bonchev–Trinajstić information content (AvgIpc) is 2.65. The molecular formula is C10H14ClN3O4S. The van der Waals surface area contributed by atoms with Crippen LogP contribution in [0.2, 0.25) is 5.28 Å². The molecule has 1 aliphatic heterocycles. The van der Waals surface area contributed by atoms with Gasteiger partial charge in [0, 0.05) is 6.42 Å². The average molecular weight is 308 g/mol. The number of aryl methyl sites for hydroxylation is 1. The predicted octanol–water partition coefficient (Wildman–Crippen LogP) is -0.385. The van der Waals surface area contributed by atoms with Crippen LogP contribution in [0.5, 0.6) is 0 Å². The van der Waals surface area contributed by atoms with Gasteiger partial charge in [-0.25, -0.2) is 13.4 Å². The van der Waals surface area contributed by atoms with Gasteiger partial charge in [-0.2, -0.15) is 4.98 Å². The van der Waals surface area contributed by atoms with Gasteiger partial charge < -0.3 is 15.5 Å². The quantitative estimate of drug-likeness (QED) is 0.650. The van der Waals surface area contributed by atoms with Crippen molar-refractivity contribution in [1.29, 1.82) is 0 Å². The molecule has 0 amide bonds. The number of hydrogen-bond donors (Lipinski definition) is 3. The van der Waals surface area contributed by atoms with Gasteiger partial charge in [0.2, 0.25) is 5.28 Å². The molecule has 1 aliphatic rings. The molecule has 0 aliphatic carbocycles. The van der Waals surface area contributed by atoms with Crippen LogP contribution in [-0.4, -0.2) is 53.1 Å². The van der Waals surface area contributed by atoms with Gasteiger partial charge in [0.25, 0.3) is 0 Å². The normalized spacial score (nSPS) is 17.3. The highest BCUT2D eigenvalue weighted by molar-refractivity contribution is 7.91. The first-order chi connectivity index (χ1) is 8.81. The van der Waals surface area contributed by atoms with Gasteiger partial charge in [0.05, 0.1) is 30.2 Å². The Labute approximate surface area is 115 Å². The van der Waals surface area contributed by atoms with E-state index >= 15 is 0 Å². The van der Waals surface area contributed by atoms with E-state index in [1.165, 1.54) is 6.92 Å². The van der Waals surface area contributed by atoms with Crippen molar-refractivity contribution >= 4 is 27.3 Å². The van der Waals surface area contributed by atoms with Gasteiger partial charge in [0.1, 0.15) is 4.90 Å². The fourth-order valence-electron chi connectivity index (χ4n) is 1.80. The Hall–Kier alpha value is -0.960. The van der Waals surface area contributed by atoms with E-state index in [4.69, 9.17) is 11.6 Å². The summed E-state index contributed by atoms with van der Waals surface area (Å²) in [5.41, 5.74) is -0.732. The number of hydrogen-bond acceptors (Lipinski definition) is 7. The number of halogens is 1. The maximum atomic E-state index is 12.0. The second kappa shape index (κ2) is 4.86. The zero-order valence-electron chi connectivity index (χ0n) is 10.2. The lowest BCUT2D eigenvalue weighted by molar-refractivity contribution is 0.147. The first-order valence-electron chi connectivity index (χ1n) is 5.60. The van der Waals surface area contributed by atoms with Gasteiger partial charge in [-0.1, -0.05) is 0 Å². The number of aliphatic hydroxyl groups is 2. The largest absolute Gasteiger partial charge is 0.394 e. The Kier molecular flexibility index (Phi) is 3.69. The molecule has 0 fully saturated rings.